The van der Waals surface area contributed by atoms with Crippen LogP contribution >= 0.6 is 33.9 Å². The summed E-state index contributed by atoms with van der Waals surface area (Å²) in [7, 11) is 0. The van der Waals surface area contributed by atoms with Crippen molar-refractivity contribution < 1.29 is 0 Å². The van der Waals surface area contributed by atoms with Gasteiger partial charge < -0.3 is 5.32 Å². The summed E-state index contributed by atoms with van der Waals surface area (Å²) in [5.41, 5.74) is 1.15. The number of nitrogens with zero attached hydrogens (tertiary/aromatic N) is 1. The molecule has 0 aliphatic carbocycles. The van der Waals surface area contributed by atoms with Gasteiger partial charge in [0.1, 0.15) is 0 Å². The summed E-state index contributed by atoms with van der Waals surface area (Å²) in [5.74, 6) is 0. The number of nitrogens with one attached hydrogen (secondary N) is 1. The molecule has 0 aliphatic rings. The van der Waals surface area contributed by atoms with E-state index in [2.05, 4.69) is 57.2 Å². The summed E-state index contributed by atoms with van der Waals surface area (Å²) in [6.45, 7) is 2.88. The Balaban J connectivity index is 1.96. The van der Waals surface area contributed by atoms with Crippen molar-refractivity contribution in [3.8, 4) is 0 Å². The third-order valence-electron chi connectivity index (χ3n) is 1.98. The monoisotopic (exact) mass is 330 g/mol. The minimum Gasteiger partial charge on any atom is -0.380 e. The van der Waals surface area contributed by atoms with Gasteiger partial charge in [0.15, 0.2) is 0 Å². The predicted molar refractivity (Wildman–Crippen MR) is 73.3 cm³/mol. The van der Waals surface area contributed by atoms with Gasteiger partial charge in [-0.15, -0.1) is 11.3 Å². The number of aryl methyl sites for hydroxylation is 1. The molecular weight excluding hydrogens is 319 g/mol. The molecule has 4 heteroatoms. The highest BCUT2D eigenvalue weighted by Crippen LogP contribution is 2.15. The fourth-order valence-corrected chi connectivity index (χ4v) is 2.34. The molecule has 0 atom stereocenters. The van der Waals surface area contributed by atoms with Gasteiger partial charge >= 0.3 is 0 Å². The van der Waals surface area contributed by atoms with Crippen LogP contribution in [0, 0.1) is 10.5 Å². The lowest BCUT2D eigenvalue weighted by molar-refractivity contribution is 1.17. The fourth-order valence-electron chi connectivity index (χ4n) is 1.24. The number of halogens is 1. The second kappa shape index (κ2) is 4.94. The molecule has 78 valence electrons. The molecule has 0 unspecified atom stereocenters. The first-order chi connectivity index (χ1) is 7.24. The molecule has 0 amide bonds. The Morgan fingerprint density at radius 1 is 1.33 bits per heavy atom. The molecule has 1 heterocycles. The van der Waals surface area contributed by atoms with Crippen molar-refractivity contribution in [3.05, 3.63) is 43.9 Å². The highest BCUT2D eigenvalue weighted by molar-refractivity contribution is 14.1. The van der Waals surface area contributed by atoms with Crippen LogP contribution in [-0.2, 0) is 6.54 Å². The van der Waals surface area contributed by atoms with Gasteiger partial charge in [-0.25, -0.2) is 4.98 Å². The zero-order valence-electron chi connectivity index (χ0n) is 8.33. The van der Waals surface area contributed by atoms with Gasteiger partial charge in [-0.2, -0.15) is 0 Å². The molecule has 0 spiro atoms. The van der Waals surface area contributed by atoms with Crippen molar-refractivity contribution in [1.29, 1.82) is 0 Å². The van der Waals surface area contributed by atoms with E-state index in [0.717, 1.165) is 17.2 Å². The Kier molecular flexibility index (Phi) is 3.58. The molecule has 15 heavy (non-hydrogen) atoms. The predicted octanol–water partition coefficient (Wildman–Crippen LogP) is 3.67. The molecule has 0 radical (unpaired) electrons. The zero-order chi connectivity index (χ0) is 10.7. The number of thiazole rings is 1. The van der Waals surface area contributed by atoms with Crippen LogP contribution in [0.15, 0.2) is 30.5 Å². The van der Waals surface area contributed by atoms with Crippen LogP contribution in [-0.4, -0.2) is 4.98 Å². The minimum absolute atomic E-state index is 0.853. The van der Waals surface area contributed by atoms with Crippen LogP contribution in [0.2, 0.25) is 0 Å². The highest BCUT2D eigenvalue weighted by atomic mass is 127. The van der Waals surface area contributed by atoms with Crippen molar-refractivity contribution in [1.82, 2.24) is 4.98 Å². The molecule has 0 fully saturated rings. The maximum Gasteiger partial charge on any atom is 0.0897 e. The van der Waals surface area contributed by atoms with E-state index >= 15 is 0 Å². The molecule has 0 saturated carbocycles. The van der Waals surface area contributed by atoms with Crippen molar-refractivity contribution in [2.45, 2.75) is 13.5 Å². The standard InChI is InChI=1S/C11H11IN2S/c1-8-13-6-11(15-8)7-14-10-4-2-9(12)3-5-10/h2-6,14H,7H2,1H3. The smallest absolute Gasteiger partial charge is 0.0897 e. The van der Waals surface area contributed by atoms with E-state index in [-0.39, 0.29) is 0 Å². The van der Waals surface area contributed by atoms with Crippen LogP contribution in [0.4, 0.5) is 5.69 Å². The fraction of sp³-hybridized carbons (Fsp3) is 0.182. The number of hydrogen-bond acceptors (Lipinski definition) is 3. The van der Waals surface area contributed by atoms with Crippen LogP contribution in [0.1, 0.15) is 9.88 Å². The number of aromatic nitrogens is 1. The Labute approximate surface area is 107 Å². The molecule has 2 rings (SSSR count). The van der Waals surface area contributed by atoms with Gasteiger partial charge in [-0.3, -0.25) is 0 Å². The first-order valence-electron chi connectivity index (χ1n) is 4.65. The first kappa shape index (κ1) is 10.9. The first-order valence-corrected chi connectivity index (χ1v) is 6.54. The van der Waals surface area contributed by atoms with Crippen LogP contribution < -0.4 is 5.32 Å². The normalized spacial score (nSPS) is 10.3. The quantitative estimate of drug-likeness (QED) is 0.869. The summed E-state index contributed by atoms with van der Waals surface area (Å²) >= 11 is 4.04. The van der Waals surface area contributed by atoms with Gasteiger partial charge in [0.2, 0.25) is 0 Å². The number of rotatable bonds is 3. The third-order valence-corrected chi connectivity index (χ3v) is 3.61. The lowest BCUT2D eigenvalue weighted by Crippen LogP contribution is -1.96. The van der Waals surface area contributed by atoms with E-state index in [0.29, 0.717) is 0 Å². The number of anilines is 1. The molecule has 0 saturated heterocycles. The minimum atomic E-state index is 0.853. The molecule has 1 N–H and O–H groups in total. The zero-order valence-corrected chi connectivity index (χ0v) is 11.3. The molecule has 0 bridgehead atoms. The van der Waals surface area contributed by atoms with Gasteiger partial charge in [0.25, 0.3) is 0 Å². The molecule has 1 aromatic heterocycles. The summed E-state index contributed by atoms with van der Waals surface area (Å²) in [5, 5.41) is 4.49. The second-order valence-corrected chi connectivity index (χ2v) is 5.77. The average Bonchev–Trinajstić information content (AvgIpc) is 2.64. The van der Waals surface area contributed by atoms with E-state index in [1.165, 1.54) is 8.45 Å². The van der Waals surface area contributed by atoms with Gasteiger partial charge in [-0.05, 0) is 53.8 Å². The Hall–Kier alpha value is -0.620. The second-order valence-electron chi connectivity index (χ2n) is 3.21. The highest BCUT2D eigenvalue weighted by Gasteiger charge is 1.97. The third kappa shape index (κ3) is 3.17. The summed E-state index contributed by atoms with van der Waals surface area (Å²) < 4.78 is 1.26. The Bertz CT molecular complexity index is 436. The largest absolute Gasteiger partial charge is 0.380 e. The summed E-state index contributed by atoms with van der Waals surface area (Å²) in [6.07, 6.45) is 1.93. The summed E-state index contributed by atoms with van der Waals surface area (Å²) in [4.78, 5) is 5.49. The molecule has 2 nitrogen and oxygen atoms in total. The molecule has 1 aromatic carbocycles. The molecule has 0 aliphatic heterocycles. The maximum absolute atomic E-state index is 4.22. The summed E-state index contributed by atoms with van der Waals surface area (Å²) in [6, 6.07) is 8.38. The van der Waals surface area contributed by atoms with Crippen LogP contribution in [0.3, 0.4) is 0 Å². The maximum atomic E-state index is 4.22. The number of benzene rings is 1. The lowest BCUT2D eigenvalue weighted by Gasteiger charge is -2.03. The molecular formula is C11H11IN2S. The van der Waals surface area contributed by atoms with E-state index in [9.17, 15) is 0 Å². The van der Waals surface area contributed by atoms with E-state index in [4.69, 9.17) is 0 Å². The van der Waals surface area contributed by atoms with Gasteiger partial charge in [0, 0.05) is 20.3 Å². The van der Waals surface area contributed by atoms with Crippen molar-refractivity contribution in [2.24, 2.45) is 0 Å². The van der Waals surface area contributed by atoms with E-state index in [1.54, 1.807) is 11.3 Å². The van der Waals surface area contributed by atoms with Gasteiger partial charge in [-0.1, -0.05) is 0 Å². The SMILES string of the molecule is Cc1ncc(CNc2ccc(I)cc2)s1. The van der Waals surface area contributed by atoms with Crippen LogP contribution in [0.5, 0.6) is 0 Å². The van der Waals surface area contributed by atoms with Crippen molar-refractivity contribution in [3.63, 3.8) is 0 Å². The average molecular weight is 330 g/mol. The van der Waals surface area contributed by atoms with Crippen molar-refractivity contribution >= 4 is 39.6 Å². The van der Waals surface area contributed by atoms with Crippen molar-refractivity contribution in [2.75, 3.05) is 5.32 Å². The Morgan fingerprint density at radius 2 is 2.07 bits per heavy atom. The number of hydrogen-bond donors (Lipinski definition) is 1. The lowest BCUT2D eigenvalue weighted by atomic mass is 10.3. The topological polar surface area (TPSA) is 24.9 Å². The Morgan fingerprint density at radius 3 is 2.67 bits per heavy atom. The van der Waals surface area contributed by atoms with E-state index in [1.807, 2.05) is 13.1 Å². The van der Waals surface area contributed by atoms with E-state index < -0.39 is 0 Å². The van der Waals surface area contributed by atoms with Crippen LogP contribution in [0.25, 0.3) is 0 Å². The van der Waals surface area contributed by atoms with Gasteiger partial charge in [0.05, 0.1) is 11.6 Å². The molecule has 2 aromatic rings.